The molecule has 1 heterocycles. The zero-order valence-electron chi connectivity index (χ0n) is 20.1. The number of carbonyl (C=O) groups is 2. The number of fused-ring (bicyclic) bond motifs is 1. The van der Waals surface area contributed by atoms with E-state index in [0.29, 0.717) is 34.9 Å². The van der Waals surface area contributed by atoms with Crippen LogP contribution in [0.1, 0.15) is 16.7 Å². The average Bonchev–Trinajstić information content (AvgIpc) is 3.16. The Labute approximate surface area is 211 Å². The monoisotopic (exact) mass is 488 g/mol. The van der Waals surface area contributed by atoms with Gasteiger partial charge < -0.3 is 20.4 Å². The SMILES string of the molecule is CN(C)CCN(C)C(=O)Cc1ccc(N/C(=C2\C(=O)Nc3cc(Cl)ccc32)c2ccccc2)cc1. The molecule has 0 bridgehead atoms. The minimum Gasteiger partial charge on any atom is -0.354 e. The van der Waals surface area contributed by atoms with Crippen molar-refractivity contribution in [2.45, 2.75) is 6.42 Å². The molecule has 0 aliphatic carbocycles. The lowest BCUT2D eigenvalue weighted by atomic mass is 10.00. The van der Waals surface area contributed by atoms with Gasteiger partial charge in [-0.25, -0.2) is 0 Å². The lowest BCUT2D eigenvalue weighted by molar-refractivity contribution is -0.129. The molecule has 0 unspecified atom stereocenters. The first-order valence-corrected chi connectivity index (χ1v) is 11.9. The van der Waals surface area contributed by atoms with Gasteiger partial charge in [-0.1, -0.05) is 60.1 Å². The second-order valence-corrected chi connectivity index (χ2v) is 9.31. The molecule has 2 amide bonds. The summed E-state index contributed by atoms with van der Waals surface area (Å²) >= 11 is 6.13. The first kappa shape index (κ1) is 24.5. The van der Waals surface area contributed by atoms with E-state index in [2.05, 4.69) is 15.5 Å². The van der Waals surface area contributed by atoms with E-state index in [9.17, 15) is 9.59 Å². The quantitative estimate of drug-likeness (QED) is 0.445. The van der Waals surface area contributed by atoms with Gasteiger partial charge in [0.05, 0.1) is 23.4 Å². The fourth-order valence-corrected chi connectivity index (χ4v) is 4.08. The zero-order valence-corrected chi connectivity index (χ0v) is 20.9. The number of hydrogen-bond donors (Lipinski definition) is 2. The fraction of sp³-hybridized carbons (Fsp3) is 0.214. The van der Waals surface area contributed by atoms with E-state index in [1.165, 1.54) is 0 Å². The van der Waals surface area contributed by atoms with Crippen molar-refractivity contribution in [3.05, 3.63) is 94.5 Å². The minimum atomic E-state index is -0.184. The highest BCUT2D eigenvalue weighted by Crippen LogP contribution is 2.38. The Bertz CT molecular complexity index is 1250. The van der Waals surface area contributed by atoms with Gasteiger partial charge >= 0.3 is 0 Å². The van der Waals surface area contributed by atoms with E-state index in [1.54, 1.807) is 17.0 Å². The molecule has 7 heteroatoms. The second-order valence-electron chi connectivity index (χ2n) is 8.88. The van der Waals surface area contributed by atoms with Gasteiger partial charge in [-0.15, -0.1) is 0 Å². The third kappa shape index (κ3) is 5.91. The van der Waals surface area contributed by atoms with Crippen LogP contribution >= 0.6 is 11.6 Å². The van der Waals surface area contributed by atoms with Gasteiger partial charge in [-0.3, -0.25) is 9.59 Å². The molecule has 0 aromatic heterocycles. The van der Waals surface area contributed by atoms with Crippen LogP contribution in [0.4, 0.5) is 11.4 Å². The van der Waals surface area contributed by atoms with Crippen molar-refractivity contribution < 1.29 is 9.59 Å². The number of anilines is 2. The Balaban J connectivity index is 1.59. The van der Waals surface area contributed by atoms with Crippen LogP contribution in [-0.2, 0) is 16.0 Å². The number of hydrogen-bond acceptors (Lipinski definition) is 4. The molecule has 0 radical (unpaired) electrons. The molecule has 0 fully saturated rings. The van der Waals surface area contributed by atoms with E-state index < -0.39 is 0 Å². The second kappa shape index (κ2) is 10.8. The number of rotatable bonds is 8. The summed E-state index contributed by atoms with van der Waals surface area (Å²) in [7, 11) is 5.82. The van der Waals surface area contributed by atoms with Crippen molar-refractivity contribution >= 4 is 46.1 Å². The Morgan fingerprint density at radius 1 is 0.943 bits per heavy atom. The van der Waals surface area contributed by atoms with Crippen LogP contribution in [0.3, 0.4) is 0 Å². The summed E-state index contributed by atoms with van der Waals surface area (Å²) in [6, 6.07) is 22.9. The molecule has 0 atom stereocenters. The molecule has 3 aromatic carbocycles. The van der Waals surface area contributed by atoms with Crippen molar-refractivity contribution in [2.24, 2.45) is 0 Å². The zero-order chi connectivity index (χ0) is 24.9. The van der Waals surface area contributed by atoms with Gasteiger partial charge in [-0.2, -0.15) is 0 Å². The van der Waals surface area contributed by atoms with Crippen molar-refractivity contribution in [1.82, 2.24) is 9.80 Å². The summed E-state index contributed by atoms with van der Waals surface area (Å²) < 4.78 is 0. The Morgan fingerprint density at radius 3 is 2.34 bits per heavy atom. The maximum Gasteiger partial charge on any atom is 0.258 e. The normalized spacial score (nSPS) is 13.9. The number of nitrogens with zero attached hydrogens (tertiary/aromatic N) is 2. The third-order valence-corrected chi connectivity index (χ3v) is 6.16. The predicted octanol–water partition coefficient (Wildman–Crippen LogP) is 4.84. The third-order valence-electron chi connectivity index (χ3n) is 5.93. The van der Waals surface area contributed by atoms with E-state index in [1.807, 2.05) is 81.8 Å². The highest BCUT2D eigenvalue weighted by Gasteiger charge is 2.28. The van der Waals surface area contributed by atoms with Crippen molar-refractivity contribution in [3.63, 3.8) is 0 Å². The summed E-state index contributed by atoms with van der Waals surface area (Å²) in [4.78, 5) is 29.4. The molecular formula is C28H29ClN4O2. The van der Waals surface area contributed by atoms with Gasteiger partial charge in [0.15, 0.2) is 0 Å². The van der Waals surface area contributed by atoms with Gasteiger partial charge in [0.25, 0.3) is 5.91 Å². The maximum absolute atomic E-state index is 13.0. The van der Waals surface area contributed by atoms with Crippen molar-refractivity contribution in [2.75, 3.05) is 44.9 Å². The lowest BCUT2D eigenvalue weighted by Gasteiger charge is -2.20. The molecular weight excluding hydrogens is 460 g/mol. The summed E-state index contributed by atoms with van der Waals surface area (Å²) in [6.45, 7) is 1.51. The van der Waals surface area contributed by atoms with Crippen LogP contribution in [0.5, 0.6) is 0 Å². The van der Waals surface area contributed by atoms with Gasteiger partial charge in [0.2, 0.25) is 5.91 Å². The molecule has 1 aliphatic heterocycles. The van der Waals surface area contributed by atoms with Crippen molar-refractivity contribution in [1.29, 1.82) is 0 Å². The highest BCUT2D eigenvalue weighted by atomic mass is 35.5. The molecule has 35 heavy (non-hydrogen) atoms. The molecule has 180 valence electrons. The van der Waals surface area contributed by atoms with Crippen LogP contribution in [0.15, 0.2) is 72.8 Å². The smallest absolute Gasteiger partial charge is 0.258 e. The van der Waals surface area contributed by atoms with Crippen LogP contribution in [0.2, 0.25) is 5.02 Å². The van der Waals surface area contributed by atoms with Gasteiger partial charge in [0.1, 0.15) is 0 Å². The van der Waals surface area contributed by atoms with Crippen LogP contribution in [0.25, 0.3) is 11.3 Å². The first-order valence-electron chi connectivity index (χ1n) is 11.5. The largest absolute Gasteiger partial charge is 0.354 e. The number of halogens is 1. The topological polar surface area (TPSA) is 64.7 Å². The lowest BCUT2D eigenvalue weighted by Crippen LogP contribution is -2.34. The Hall–Kier alpha value is -3.61. The summed E-state index contributed by atoms with van der Waals surface area (Å²) in [6.07, 6.45) is 0.341. The van der Waals surface area contributed by atoms with E-state index in [0.717, 1.165) is 28.9 Å². The molecule has 0 spiro atoms. The molecule has 6 nitrogen and oxygen atoms in total. The van der Waals surface area contributed by atoms with Gasteiger partial charge in [-0.05, 0) is 49.5 Å². The number of carbonyl (C=O) groups excluding carboxylic acids is 2. The number of likely N-dealkylation sites (N-methyl/N-ethyl adjacent to an activating group) is 2. The summed E-state index contributed by atoms with van der Waals surface area (Å²) in [5.41, 5.74) is 5.41. The molecule has 0 saturated carbocycles. The number of amides is 2. The summed E-state index contributed by atoms with van der Waals surface area (Å²) in [5, 5.41) is 6.93. The minimum absolute atomic E-state index is 0.0811. The molecule has 4 rings (SSSR count). The Morgan fingerprint density at radius 2 is 1.66 bits per heavy atom. The van der Waals surface area contributed by atoms with E-state index >= 15 is 0 Å². The molecule has 0 saturated heterocycles. The van der Waals surface area contributed by atoms with Crippen molar-refractivity contribution in [3.8, 4) is 0 Å². The van der Waals surface area contributed by atoms with E-state index in [-0.39, 0.29) is 11.8 Å². The van der Waals surface area contributed by atoms with E-state index in [4.69, 9.17) is 11.6 Å². The van der Waals surface area contributed by atoms with Gasteiger partial charge in [0, 0.05) is 36.4 Å². The number of benzene rings is 3. The van der Waals surface area contributed by atoms with Crippen LogP contribution in [0, 0.1) is 0 Å². The molecule has 3 aromatic rings. The highest BCUT2D eigenvalue weighted by molar-refractivity contribution is 6.38. The summed E-state index contributed by atoms with van der Waals surface area (Å²) in [5.74, 6) is -0.103. The molecule has 2 N–H and O–H groups in total. The van der Waals surface area contributed by atoms with Crippen LogP contribution in [-0.4, -0.2) is 55.8 Å². The predicted molar refractivity (Wildman–Crippen MR) is 143 cm³/mol. The fourth-order valence-electron chi connectivity index (χ4n) is 3.91. The Kier molecular flexibility index (Phi) is 7.54. The average molecular weight is 489 g/mol. The standard InChI is InChI=1S/C28H29ClN4O2/c1-32(2)15-16-33(3)25(34)17-19-9-12-22(13-10-19)30-27(20-7-5-4-6-8-20)26-23-14-11-21(29)18-24(23)31-28(26)35/h4-14,18,30H,15-17H2,1-3H3,(H,31,35)/b27-26-. The first-order chi connectivity index (χ1) is 16.8. The number of nitrogens with one attached hydrogen (secondary N) is 2. The maximum atomic E-state index is 13.0. The molecule has 1 aliphatic rings. The van der Waals surface area contributed by atoms with Crippen LogP contribution < -0.4 is 10.6 Å².